The number of nitrogens with zero attached hydrogens (tertiary/aromatic N) is 2. The highest BCUT2D eigenvalue weighted by molar-refractivity contribution is 8.13. The molecule has 2 aromatic rings. The molecule has 0 radical (unpaired) electrons. The maximum atomic E-state index is 12.4. The van der Waals surface area contributed by atoms with E-state index in [-0.39, 0.29) is 4.90 Å². The lowest BCUT2D eigenvalue weighted by Crippen LogP contribution is -2.13. The summed E-state index contributed by atoms with van der Waals surface area (Å²) < 4.78 is 27.3. The van der Waals surface area contributed by atoms with Crippen LogP contribution in [0.3, 0.4) is 0 Å². The second-order valence-corrected chi connectivity index (χ2v) is 7.30. The van der Waals surface area contributed by atoms with Crippen LogP contribution in [0.25, 0.3) is 0 Å². The number of thioether (sulfide) groups is 1. The summed E-state index contributed by atoms with van der Waals surface area (Å²) in [6, 6.07) is 13.2. The molecule has 6 nitrogen and oxygen atoms in total. The van der Waals surface area contributed by atoms with E-state index in [0.717, 1.165) is 5.56 Å². The number of aryl methyl sites for hydroxylation is 1. The first-order valence-corrected chi connectivity index (χ1v) is 9.63. The third-order valence-electron chi connectivity index (χ3n) is 3.04. The summed E-state index contributed by atoms with van der Waals surface area (Å²) in [5, 5.41) is 11.5. The smallest absolute Gasteiger partial charge is 0.261 e. The van der Waals surface area contributed by atoms with E-state index in [2.05, 4.69) is 15.0 Å². The van der Waals surface area contributed by atoms with Gasteiger partial charge in [-0.15, -0.1) is 0 Å². The number of amidine groups is 1. The van der Waals surface area contributed by atoms with E-state index >= 15 is 0 Å². The van der Waals surface area contributed by atoms with Crippen LogP contribution in [0.5, 0.6) is 0 Å². The van der Waals surface area contributed by atoms with Crippen molar-refractivity contribution >= 4 is 38.3 Å². The molecule has 24 heavy (non-hydrogen) atoms. The molecule has 0 unspecified atom stereocenters. The number of nitrogens with one attached hydrogen (secondary N) is 2. The van der Waals surface area contributed by atoms with Crippen LogP contribution in [-0.2, 0) is 10.0 Å². The van der Waals surface area contributed by atoms with Crippen molar-refractivity contribution in [2.45, 2.75) is 11.8 Å². The summed E-state index contributed by atoms with van der Waals surface area (Å²) in [4.78, 5) is 4.35. The quantitative estimate of drug-likeness (QED) is 0.378. The SMILES string of the molecule is CSC(=Nc1ccc(S(=O)(=O)Nc2ccc(C)cc2)cc1)NC#N. The van der Waals surface area contributed by atoms with E-state index in [1.54, 1.807) is 36.7 Å². The van der Waals surface area contributed by atoms with Gasteiger partial charge in [0.05, 0.1) is 10.6 Å². The Morgan fingerprint density at radius 3 is 2.29 bits per heavy atom. The first kappa shape index (κ1) is 17.8. The largest absolute Gasteiger partial charge is 0.280 e. The van der Waals surface area contributed by atoms with Crippen molar-refractivity contribution in [2.75, 3.05) is 11.0 Å². The number of benzene rings is 2. The Kier molecular flexibility index (Phi) is 5.84. The summed E-state index contributed by atoms with van der Waals surface area (Å²) >= 11 is 1.29. The van der Waals surface area contributed by atoms with Gasteiger partial charge in [-0.3, -0.25) is 10.0 Å². The van der Waals surface area contributed by atoms with Crippen molar-refractivity contribution in [2.24, 2.45) is 4.99 Å². The molecule has 0 bridgehead atoms. The molecule has 2 N–H and O–H groups in total. The summed E-state index contributed by atoms with van der Waals surface area (Å²) in [5.41, 5.74) is 2.11. The van der Waals surface area contributed by atoms with Gasteiger partial charge >= 0.3 is 0 Å². The van der Waals surface area contributed by atoms with Crippen LogP contribution in [0.15, 0.2) is 58.4 Å². The van der Waals surface area contributed by atoms with Gasteiger partial charge in [0, 0.05) is 5.69 Å². The molecule has 2 aromatic carbocycles. The van der Waals surface area contributed by atoms with E-state index in [9.17, 15) is 8.42 Å². The van der Waals surface area contributed by atoms with Crippen molar-refractivity contribution in [1.29, 1.82) is 5.26 Å². The Morgan fingerprint density at radius 2 is 1.75 bits per heavy atom. The van der Waals surface area contributed by atoms with Gasteiger partial charge in [-0.1, -0.05) is 29.5 Å². The summed E-state index contributed by atoms with van der Waals surface area (Å²) in [7, 11) is -3.66. The minimum atomic E-state index is -3.66. The van der Waals surface area contributed by atoms with Crippen molar-refractivity contribution in [3.8, 4) is 6.19 Å². The molecule has 0 amide bonds. The molecule has 124 valence electrons. The lowest BCUT2D eigenvalue weighted by molar-refractivity contribution is 0.601. The van der Waals surface area contributed by atoms with Crippen LogP contribution >= 0.6 is 11.8 Å². The molecule has 0 aliphatic rings. The van der Waals surface area contributed by atoms with Gasteiger partial charge in [0.2, 0.25) is 0 Å². The molecule has 0 aliphatic heterocycles. The van der Waals surface area contributed by atoms with Crippen LogP contribution in [0, 0.1) is 18.4 Å². The zero-order valence-corrected chi connectivity index (χ0v) is 14.8. The third kappa shape index (κ3) is 4.75. The highest BCUT2D eigenvalue weighted by Crippen LogP contribution is 2.20. The second kappa shape index (κ2) is 7.86. The van der Waals surface area contributed by atoms with Crippen LogP contribution in [0.1, 0.15) is 5.56 Å². The van der Waals surface area contributed by atoms with Crippen LogP contribution < -0.4 is 10.0 Å². The molecule has 0 heterocycles. The van der Waals surface area contributed by atoms with Crippen molar-refractivity contribution in [1.82, 2.24) is 5.32 Å². The Labute approximate surface area is 145 Å². The molecule has 0 aliphatic carbocycles. The molecular weight excluding hydrogens is 344 g/mol. The predicted molar refractivity (Wildman–Crippen MR) is 97.8 cm³/mol. The van der Waals surface area contributed by atoms with Crippen LogP contribution in [-0.4, -0.2) is 19.8 Å². The molecule has 0 saturated carbocycles. The van der Waals surface area contributed by atoms with Gasteiger partial charge in [0.15, 0.2) is 11.4 Å². The van der Waals surface area contributed by atoms with E-state index in [1.165, 1.54) is 23.9 Å². The predicted octanol–water partition coefficient (Wildman–Crippen LogP) is 3.22. The number of hydrogen-bond acceptors (Lipinski definition) is 5. The topological polar surface area (TPSA) is 94.3 Å². The fourth-order valence-electron chi connectivity index (χ4n) is 1.83. The zero-order valence-electron chi connectivity index (χ0n) is 13.1. The molecule has 8 heteroatoms. The fourth-order valence-corrected chi connectivity index (χ4v) is 3.23. The lowest BCUT2D eigenvalue weighted by Gasteiger charge is -2.08. The van der Waals surface area contributed by atoms with E-state index < -0.39 is 10.0 Å². The highest BCUT2D eigenvalue weighted by atomic mass is 32.2. The summed E-state index contributed by atoms with van der Waals surface area (Å²) in [6.07, 6.45) is 3.58. The number of nitriles is 1. The summed E-state index contributed by atoms with van der Waals surface area (Å²) in [6.45, 7) is 1.93. The first-order chi connectivity index (χ1) is 11.4. The average molecular weight is 360 g/mol. The van der Waals surface area contributed by atoms with Gasteiger partial charge in [-0.25, -0.2) is 13.4 Å². The van der Waals surface area contributed by atoms with Gasteiger partial charge < -0.3 is 0 Å². The molecule has 0 atom stereocenters. The minimum absolute atomic E-state index is 0.140. The van der Waals surface area contributed by atoms with Crippen molar-refractivity contribution < 1.29 is 8.42 Å². The van der Waals surface area contributed by atoms with E-state index in [1.807, 2.05) is 19.1 Å². The number of rotatable bonds is 4. The molecule has 0 saturated heterocycles. The van der Waals surface area contributed by atoms with Gasteiger partial charge in [0.1, 0.15) is 0 Å². The van der Waals surface area contributed by atoms with Crippen molar-refractivity contribution in [3.63, 3.8) is 0 Å². The molecule has 0 aromatic heterocycles. The Morgan fingerprint density at radius 1 is 1.12 bits per heavy atom. The van der Waals surface area contributed by atoms with E-state index in [4.69, 9.17) is 5.26 Å². The second-order valence-electron chi connectivity index (χ2n) is 4.82. The zero-order chi connectivity index (χ0) is 17.6. The molecule has 0 spiro atoms. The first-order valence-electron chi connectivity index (χ1n) is 6.92. The normalized spacial score (nSPS) is 11.6. The Balaban J connectivity index is 2.20. The monoisotopic (exact) mass is 360 g/mol. The molecule has 2 rings (SSSR count). The Hall–Kier alpha value is -2.50. The lowest BCUT2D eigenvalue weighted by atomic mass is 10.2. The number of sulfonamides is 1. The fraction of sp³-hybridized carbons (Fsp3) is 0.125. The number of hydrogen-bond donors (Lipinski definition) is 2. The number of anilines is 1. The Bertz CT molecular complexity index is 868. The maximum Gasteiger partial charge on any atom is 0.261 e. The third-order valence-corrected chi connectivity index (χ3v) is 5.01. The standard InChI is InChI=1S/C16H16N4O2S2/c1-12-3-5-14(6-4-12)20-24(21,22)15-9-7-13(8-10-15)19-16(23-2)18-11-17/h3-10,20H,1-2H3,(H,18,19). The van der Waals surface area contributed by atoms with E-state index in [0.29, 0.717) is 16.5 Å². The van der Waals surface area contributed by atoms with Crippen LogP contribution in [0.4, 0.5) is 11.4 Å². The average Bonchev–Trinajstić information content (AvgIpc) is 2.57. The van der Waals surface area contributed by atoms with Crippen molar-refractivity contribution in [3.05, 3.63) is 54.1 Å². The maximum absolute atomic E-state index is 12.4. The summed E-state index contributed by atoms with van der Waals surface area (Å²) in [5.74, 6) is 0. The van der Waals surface area contributed by atoms with Gasteiger partial charge in [-0.2, -0.15) is 5.26 Å². The molecule has 0 fully saturated rings. The van der Waals surface area contributed by atoms with Gasteiger partial charge in [-0.05, 0) is 49.6 Å². The number of aliphatic imine (C=N–C) groups is 1. The van der Waals surface area contributed by atoms with Gasteiger partial charge in [0.25, 0.3) is 10.0 Å². The molecular formula is C16H16N4O2S2. The highest BCUT2D eigenvalue weighted by Gasteiger charge is 2.14. The van der Waals surface area contributed by atoms with Crippen LogP contribution in [0.2, 0.25) is 0 Å². The minimum Gasteiger partial charge on any atom is -0.280 e.